The molecular formula is C19H23ClN2O4S. The van der Waals surface area contributed by atoms with Gasteiger partial charge in [-0.2, -0.15) is 0 Å². The first kappa shape index (κ1) is 19.8. The standard InChI is InChI=1S/C19H23ClN2O4S/c1-25-17-4-3-11-22(13-17)16-8-6-15(7-9-16)21-27(23,24)19-12-14(20)5-10-18(19)26-2/h5-10,12,17,21H,3-4,11,13H2,1-2H3. The van der Waals surface area contributed by atoms with Gasteiger partial charge in [0, 0.05) is 36.6 Å². The lowest BCUT2D eigenvalue weighted by Gasteiger charge is -2.33. The molecule has 27 heavy (non-hydrogen) atoms. The lowest BCUT2D eigenvalue weighted by atomic mass is 10.1. The monoisotopic (exact) mass is 410 g/mol. The van der Waals surface area contributed by atoms with E-state index in [9.17, 15) is 8.42 Å². The SMILES string of the molecule is COc1ccc(Cl)cc1S(=O)(=O)Nc1ccc(N2CCCC(OC)C2)cc1. The smallest absolute Gasteiger partial charge is 0.265 e. The van der Waals surface area contributed by atoms with Gasteiger partial charge in [-0.1, -0.05) is 11.6 Å². The second kappa shape index (κ2) is 8.37. The molecule has 0 aromatic heterocycles. The fraction of sp³-hybridized carbons (Fsp3) is 0.368. The van der Waals surface area contributed by atoms with Crippen LogP contribution in [0.5, 0.6) is 5.75 Å². The minimum Gasteiger partial charge on any atom is -0.495 e. The molecule has 1 saturated heterocycles. The van der Waals surface area contributed by atoms with Gasteiger partial charge in [0.25, 0.3) is 10.0 Å². The molecule has 146 valence electrons. The van der Waals surface area contributed by atoms with Gasteiger partial charge in [0.1, 0.15) is 10.6 Å². The minimum absolute atomic E-state index is 0.000503. The quantitative estimate of drug-likeness (QED) is 0.785. The summed E-state index contributed by atoms with van der Waals surface area (Å²) in [7, 11) is -0.670. The van der Waals surface area contributed by atoms with E-state index in [0.717, 1.165) is 31.6 Å². The molecule has 0 amide bonds. The van der Waals surface area contributed by atoms with Crippen LogP contribution in [0.1, 0.15) is 12.8 Å². The number of ether oxygens (including phenoxy) is 2. The fourth-order valence-electron chi connectivity index (χ4n) is 3.18. The lowest BCUT2D eigenvalue weighted by Crippen LogP contribution is -2.39. The van der Waals surface area contributed by atoms with Gasteiger partial charge in [0.05, 0.1) is 13.2 Å². The molecule has 2 aromatic carbocycles. The molecule has 0 bridgehead atoms. The third-order valence-corrected chi connectivity index (χ3v) is 6.25. The molecule has 1 unspecified atom stereocenters. The van der Waals surface area contributed by atoms with Crippen molar-refractivity contribution < 1.29 is 17.9 Å². The Labute approximate surface area is 165 Å². The van der Waals surface area contributed by atoms with E-state index in [2.05, 4.69) is 9.62 Å². The van der Waals surface area contributed by atoms with E-state index in [1.54, 1.807) is 25.3 Å². The topological polar surface area (TPSA) is 67.9 Å². The molecular weight excluding hydrogens is 388 g/mol. The van der Waals surface area contributed by atoms with Crippen LogP contribution in [0.2, 0.25) is 5.02 Å². The van der Waals surface area contributed by atoms with Crippen LogP contribution in [-0.4, -0.2) is 41.8 Å². The Hall–Kier alpha value is -1.96. The molecule has 0 spiro atoms. The fourth-order valence-corrected chi connectivity index (χ4v) is 4.67. The minimum atomic E-state index is -3.82. The van der Waals surface area contributed by atoms with Crippen LogP contribution in [0.25, 0.3) is 0 Å². The van der Waals surface area contributed by atoms with Crippen LogP contribution in [0.3, 0.4) is 0 Å². The van der Waals surface area contributed by atoms with Gasteiger partial charge < -0.3 is 14.4 Å². The van der Waals surface area contributed by atoms with E-state index in [0.29, 0.717) is 10.7 Å². The van der Waals surface area contributed by atoms with Crippen LogP contribution in [-0.2, 0) is 14.8 Å². The molecule has 1 fully saturated rings. The second-order valence-electron chi connectivity index (χ2n) is 6.39. The number of piperidine rings is 1. The highest BCUT2D eigenvalue weighted by atomic mass is 35.5. The van der Waals surface area contributed by atoms with Crippen LogP contribution in [0.4, 0.5) is 11.4 Å². The number of nitrogens with zero attached hydrogens (tertiary/aromatic N) is 1. The predicted octanol–water partition coefficient (Wildman–Crippen LogP) is 3.76. The number of sulfonamides is 1. The zero-order valence-corrected chi connectivity index (χ0v) is 16.9. The molecule has 0 aliphatic carbocycles. The molecule has 1 aliphatic rings. The number of halogens is 1. The molecule has 8 heteroatoms. The van der Waals surface area contributed by atoms with E-state index in [-0.39, 0.29) is 16.7 Å². The third kappa shape index (κ3) is 4.66. The Bertz CT molecular complexity index is 887. The van der Waals surface area contributed by atoms with Crippen LogP contribution in [0, 0.1) is 0 Å². The first-order valence-electron chi connectivity index (χ1n) is 8.67. The van der Waals surface area contributed by atoms with Crippen LogP contribution >= 0.6 is 11.6 Å². The summed E-state index contributed by atoms with van der Waals surface area (Å²) in [5.41, 5.74) is 1.51. The van der Waals surface area contributed by atoms with E-state index < -0.39 is 10.0 Å². The molecule has 1 aliphatic heterocycles. The molecule has 0 radical (unpaired) electrons. The molecule has 2 aromatic rings. The Morgan fingerprint density at radius 3 is 2.56 bits per heavy atom. The van der Waals surface area contributed by atoms with Crippen molar-refractivity contribution >= 4 is 33.0 Å². The van der Waals surface area contributed by atoms with Gasteiger partial charge in [0.15, 0.2) is 0 Å². The number of hydrogen-bond donors (Lipinski definition) is 1. The molecule has 1 heterocycles. The molecule has 1 atom stereocenters. The van der Waals surface area contributed by atoms with Crippen molar-refractivity contribution in [3.8, 4) is 5.75 Å². The van der Waals surface area contributed by atoms with Crippen molar-refractivity contribution in [1.29, 1.82) is 0 Å². The van der Waals surface area contributed by atoms with E-state index in [4.69, 9.17) is 21.1 Å². The maximum Gasteiger partial charge on any atom is 0.265 e. The highest BCUT2D eigenvalue weighted by molar-refractivity contribution is 7.92. The third-order valence-electron chi connectivity index (χ3n) is 4.61. The number of rotatable bonds is 6. The first-order chi connectivity index (χ1) is 12.9. The van der Waals surface area contributed by atoms with Gasteiger partial charge in [-0.05, 0) is 55.3 Å². The maximum absolute atomic E-state index is 12.7. The zero-order chi connectivity index (χ0) is 19.4. The van der Waals surface area contributed by atoms with E-state index >= 15 is 0 Å². The average molecular weight is 411 g/mol. The molecule has 1 N–H and O–H groups in total. The number of hydrogen-bond acceptors (Lipinski definition) is 5. The Morgan fingerprint density at radius 1 is 1.15 bits per heavy atom. The van der Waals surface area contributed by atoms with Gasteiger partial charge in [-0.3, -0.25) is 4.72 Å². The lowest BCUT2D eigenvalue weighted by molar-refractivity contribution is 0.0893. The summed E-state index contributed by atoms with van der Waals surface area (Å²) in [5.74, 6) is 0.238. The van der Waals surface area contributed by atoms with Crippen molar-refractivity contribution in [2.45, 2.75) is 23.8 Å². The maximum atomic E-state index is 12.7. The summed E-state index contributed by atoms with van der Waals surface area (Å²) < 4.78 is 38.6. The summed E-state index contributed by atoms with van der Waals surface area (Å²) in [4.78, 5) is 2.25. The van der Waals surface area contributed by atoms with Gasteiger partial charge in [-0.25, -0.2) is 8.42 Å². The van der Waals surface area contributed by atoms with Crippen LogP contribution < -0.4 is 14.4 Å². The molecule has 0 saturated carbocycles. The molecule has 3 rings (SSSR count). The molecule has 6 nitrogen and oxygen atoms in total. The summed E-state index contributed by atoms with van der Waals surface area (Å²) in [6.07, 6.45) is 2.36. The highest BCUT2D eigenvalue weighted by Gasteiger charge is 2.22. The average Bonchev–Trinajstić information content (AvgIpc) is 2.68. The van der Waals surface area contributed by atoms with E-state index in [1.165, 1.54) is 19.2 Å². The number of anilines is 2. The summed E-state index contributed by atoms with van der Waals surface area (Å²) in [6.45, 7) is 1.80. The highest BCUT2D eigenvalue weighted by Crippen LogP contribution is 2.29. The number of nitrogens with one attached hydrogen (secondary N) is 1. The van der Waals surface area contributed by atoms with Crippen molar-refractivity contribution in [2.24, 2.45) is 0 Å². The summed E-state index contributed by atoms with van der Waals surface area (Å²) in [6, 6.07) is 11.8. The van der Waals surface area contributed by atoms with Crippen molar-refractivity contribution in [2.75, 3.05) is 36.9 Å². The Balaban J connectivity index is 1.77. The van der Waals surface area contributed by atoms with Crippen molar-refractivity contribution in [1.82, 2.24) is 0 Å². The van der Waals surface area contributed by atoms with Gasteiger partial charge in [-0.15, -0.1) is 0 Å². The van der Waals surface area contributed by atoms with Gasteiger partial charge >= 0.3 is 0 Å². The van der Waals surface area contributed by atoms with E-state index in [1.807, 2.05) is 12.1 Å². The van der Waals surface area contributed by atoms with Gasteiger partial charge in [0.2, 0.25) is 0 Å². The zero-order valence-electron chi connectivity index (χ0n) is 15.3. The van der Waals surface area contributed by atoms with Crippen molar-refractivity contribution in [3.05, 3.63) is 47.5 Å². The number of benzene rings is 2. The summed E-state index contributed by atoms with van der Waals surface area (Å²) >= 11 is 5.95. The Kier molecular flexibility index (Phi) is 6.14. The Morgan fingerprint density at radius 2 is 1.89 bits per heavy atom. The van der Waals surface area contributed by atoms with Crippen molar-refractivity contribution in [3.63, 3.8) is 0 Å². The second-order valence-corrected chi connectivity index (χ2v) is 8.48. The largest absolute Gasteiger partial charge is 0.495 e. The summed E-state index contributed by atoms with van der Waals surface area (Å²) in [5, 5.41) is 0.323. The number of methoxy groups -OCH3 is 2. The first-order valence-corrected chi connectivity index (χ1v) is 10.5. The predicted molar refractivity (Wildman–Crippen MR) is 107 cm³/mol. The normalized spacial score (nSPS) is 17.6. The van der Waals surface area contributed by atoms with Crippen LogP contribution in [0.15, 0.2) is 47.4 Å².